The van der Waals surface area contributed by atoms with Gasteiger partial charge in [0.1, 0.15) is 5.75 Å². The van der Waals surface area contributed by atoms with E-state index in [1.807, 2.05) is 60.7 Å². The fourth-order valence-corrected chi connectivity index (χ4v) is 3.32. The summed E-state index contributed by atoms with van der Waals surface area (Å²) in [6.07, 6.45) is 3.50. The average molecular weight is 336 g/mol. The van der Waals surface area contributed by atoms with E-state index in [1.165, 1.54) is 0 Å². The van der Waals surface area contributed by atoms with E-state index >= 15 is 0 Å². The molecule has 0 aliphatic heterocycles. The molecule has 0 radical (unpaired) electrons. The van der Waals surface area contributed by atoms with E-state index in [0.29, 0.717) is 11.5 Å². The average Bonchev–Trinajstić information content (AvgIpc) is 2.68. The number of benzene rings is 4. The van der Waals surface area contributed by atoms with Crippen molar-refractivity contribution in [3.63, 3.8) is 0 Å². The predicted octanol–water partition coefficient (Wildman–Crippen LogP) is 5.38. The van der Waals surface area contributed by atoms with Crippen LogP contribution < -0.4 is 9.47 Å². The molecule has 0 atom stereocenters. The standard InChI is InChI=1S/C22H12N2O2/c23-13-25-20-11-4-8-16-17(7-3-9-18(16)20)19-10-1-5-15-6-2-12-21(22(15)19)26-14-24/h1-12H. The zero-order chi connectivity index (χ0) is 17.9. The van der Waals surface area contributed by atoms with Gasteiger partial charge in [0.25, 0.3) is 12.5 Å². The SMILES string of the molecule is N#COc1cccc2c(-c3cccc4cccc(OC#N)c34)cccc12. The highest BCUT2D eigenvalue weighted by Gasteiger charge is 2.13. The summed E-state index contributed by atoms with van der Waals surface area (Å²) in [5.74, 6) is 1.03. The van der Waals surface area contributed by atoms with Crippen LogP contribution in [0.1, 0.15) is 0 Å². The van der Waals surface area contributed by atoms with Gasteiger partial charge in [-0.3, -0.25) is 0 Å². The quantitative estimate of drug-likeness (QED) is 0.471. The van der Waals surface area contributed by atoms with E-state index in [-0.39, 0.29) is 0 Å². The van der Waals surface area contributed by atoms with E-state index < -0.39 is 0 Å². The fraction of sp³-hybridized carbons (Fsp3) is 0. The van der Waals surface area contributed by atoms with Crippen LogP contribution in [0, 0.1) is 23.0 Å². The number of rotatable bonds is 3. The largest absolute Gasteiger partial charge is 0.387 e. The summed E-state index contributed by atoms with van der Waals surface area (Å²) in [6.45, 7) is 0. The smallest absolute Gasteiger partial charge is 0.292 e. The third kappa shape index (κ3) is 2.47. The first-order valence-electron chi connectivity index (χ1n) is 7.99. The molecule has 0 spiro atoms. The van der Waals surface area contributed by atoms with Gasteiger partial charge in [-0.1, -0.05) is 60.7 Å². The van der Waals surface area contributed by atoms with Crippen LogP contribution in [0.3, 0.4) is 0 Å². The Bertz CT molecular complexity index is 1210. The Balaban J connectivity index is 2.07. The van der Waals surface area contributed by atoms with Gasteiger partial charge in [0.2, 0.25) is 0 Å². The lowest BCUT2D eigenvalue weighted by atomic mass is 9.93. The Morgan fingerprint density at radius 1 is 0.577 bits per heavy atom. The molecule has 26 heavy (non-hydrogen) atoms. The molecule has 0 N–H and O–H groups in total. The molecular formula is C22H12N2O2. The second-order valence-electron chi connectivity index (χ2n) is 5.70. The third-order valence-corrected chi connectivity index (χ3v) is 4.35. The van der Waals surface area contributed by atoms with Gasteiger partial charge in [-0.2, -0.15) is 0 Å². The highest BCUT2D eigenvalue weighted by molar-refractivity contribution is 6.08. The minimum Gasteiger partial charge on any atom is -0.387 e. The van der Waals surface area contributed by atoms with Crippen molar-refractivity contribution in [1.82, 2.24) is 0 Å². The zero-order valence-electron chi connectivity index (χ0n) is 13.6. The van der Waals surface area contributed by atoms with E-state index in [0.717, 1.165) is 32.7 Å². The summed E-state index contributed by atoms with van der Waals surface area (Å²) in [7, 11) is 0. The lowest BCUT2D eigenvalue weighted by Crippen LogP contribution is -1.90. The maximum Gasteiger partial charge on any atom is 0.292 e. The molecule has 0 fully saturated rings. The number of fused-ring (bicyclic) bond motifs is 2. The van der Waals surface area contributed by atoms with E-state index in [1.54, 1.807) is 24.6 Å². The number of hydrogen-bond donors (Lipinski definition) is 0. The van der Waals surface area contributed by atoms with Gasteiger partial charge in [-0.15, -0.1) is 10.5 Å². The maximum atomic E-state index is 8.99. The fourth-order valence-electron chi connectivity index (χ4n) is 3.32. The summed E-state index contributed by atoms with van der Waals surface area (Å²) in [4.78, 5) is 0. The van der Waals surface area contributed by atoms with Crippen LogP contribution in [0.25, 0.3) is 32.7 Å². The molecule has 0 heterocycles. The van der Waals surface area contributed by atoms with Gasteiger partial charge in [0.15, 0.2) is 5.75 Å². The first-order valence-corrected chi connectivity index (χ1v) is 7.99. The Labute approximate surface area is 150 Å². The number of nitrogens with zero attached hydrogens (tertiary/aromatic N) is 2. The molecule has 0 amide bonds. The summed E-state index contributed by atoms with van der Waals surface area (Å²) in [5.41, 5.74) is 1.93. The monoisotopic (exact) mass is 336 g/mol. The van der Waals surface area contributed by atoms with Crippen LogP contribution in [0.5, 0.6) is 11.5 Å². The third-order valence-electron chi connectivity index (χ3n) is 4.35. The van der Waals surface area contributed by atoms with E-state index in [4.69, 9.17) is 20.0 Å². The normalized spacial score (nSPS) is 10.2. The molecule has 4 aromatic rings. The Morgan fingerprint density at radius 3 is 1.96 bits per heavy atom. The Hall–Kier alpha value is -4.02. The van der Waals surface area contributed by atoms with Gasteiger partial charge in [0.05, 0.1) is 0 Å². The molecule has 4 nitrogen and oxygen atoms in total. The van der Waals surface area contributed by atoms with Crippen molar-refractivity contribution in [3.05, 3.63) is 72.8 Å². The number of ether oxygens (including phenoxy) is 2. The molecule has 122 valence electrons. The molecule has 4 aromatic carbocycles. The molecule has 0 saturated heterocycles. The Kier molecular flexibility index (Phi) is 3.86. The van der Waals surface area contributed by atoms with Gasteiger partial charge >= 0.3 is 0 Å². The van der Waals surface area contributed by atoms with Gasteiger partial charge in [-0.25, -0.2) is 0 Å². The van der Waals surface area contributed by atoms with Crippen molar-refractivity contribution in [3.8, 4) is 35.1 Å². The van der Waals surface area contributed by atoms with Crippen molar-refractivity contribution < 1.29 is 9.47 Å². The zero-order valence-corrected chi connectivity index (χ0v) is 13.6. The summed E-state index contributed by atoms with van der Waals surface area (Å²) in [5, 5.41) is 21.5. The molecule has 0 unspecified atom stereocenters. The van der Waals surface area contributed by atoms with Gasteiger partial charge in [-0.05, 0) is 34.0 Å². The lowest BCUT2D eigenvalue weighted by Gasteiger charge is -2.13. The van der Waals surface area contributed by atoms with Crippen molar-refractivity contribution >= 4 is 21.5 Å². The molecule has 0 saturated carbocycles. The molecule has 4 heteroatoms. The number of nitriles is 2. The maximum absolute atomic E-state index is 8.99. The molecule has 0 aromatic heterocycles. The summed E-state index contributed by atoms with van der Waals surface area (Å²) in [6, 6.07) is 23.1. The van der Waals surface area contributed by atoms with Crippen LogP contribution >= 0.6 is 0 Å². The molecule has 0 bridgehead atoms. The minimum absolute atomic E-state index is 0.514. The molecule has 0 aliphatic carbocycles. The van der Waals surface area contributed by atoms with Crippen molar-refractivity contribution in [2.24, 2.45) is 0 Å². The highest BCUT2D eigenvalue weighted by atomic mass is 16.5. The van der Waals surface area contributed by atoms with Crippen LogP contribution in [0.15, 0.2) is 72.8 Å². The minimum atomic E-state index is 0.514. The highest BCUT2D eigenvalue weighted by Crippen LogP contribution is 2.39. The van der Waals surface area contributed by atoms with Crippen LogP contribution in [-0.4, -0.2) is 0 Å². The first-order chi connectivity index (χ1) is 12.8. The molecular weight excluding hydrogens is 324 g/mol. The van der Waals surface area contributed by atoms with Gasteiger partial charge in [0, 0.05) is 10.8 Å². The summed E-state index contributed by atoms with van der Waals surface area (Å²) < 4.78 is 10.3. The van der Waals surface area contributed by atoms with Gasteiger partial charge < -0.3 is 9.47 Å². The van der Waals surface area contributed by atoms with E-state index in [9.17, 15) is 0 Å². The van der Waals surface area contributed by atoms with Crippen molar-refractivity contribution in [1.29, 1.82) is 10.5 Å². The molecule has 0 aliphatic rings. The van der Waals surface area contributed by atoms with Crippen molar-refractivity contribution in [2.45, 2.75) is 0 Å². The van der Waals surface area contributed by atoms with Crippen LogP contribution in [0.4, 0.5) is 0 Å². The van der Waals surface area contributed by atoms with E-state index in [2.05, 4.69) is 0 Å². The first kappa shape index (κ1) is 15.5. The topological polar surface area (TPSA) is 66.0 Å². The second-order valence-corrected chi connectivity index (χ2v) is 5.70. The Morgan fingerprint density at radius 2 is 1.15 bits per heavy atom. The number of hydrogen-bond acceptors (Lipinski definition) is 4. The van der Waals surface area contributed by atoms with Crippen LogP contribution in [0.2, 0.25) is 0 Å². The second kappa shape index (κ2) is 6.47. The lowest BCUT2D eigenvalue weighted by molar-refractivity contribution is 0.513. The summed E-state index contributed by atoms with van der Waals surface area (Å²) >= 11 is 0. The van der Waals surface area contributed by atoms with Crippen molar-refractivity contribution in [2.75, 3.05) is 0 Å². The van der Waals surface area contributed by atoms with Crippen LogP contribution in [-0.2, 0) is 0 Å². The predicted molar refractivity (Wildman–Crippen MR) is 99.4 cm³/mol. The molecule has 4 rings (SSSR count).